The first-order valence-corrected chi connectivity index (χ1v) is 38.2. The van der Waals surface area contributed by atoms with Gasteiger partial charge in [-0.2, -0.15) is 0 Å². The van der Waals surface area contributed by atoms with Crippen LogP contribution in [0.25, 0.3) is 0 Å². The lowest BCUT2D eigenvalue weighted by Gasteiger charge is -2.21. The molecule has 0 aliphatic heterocycles. The van der Waals surface area contributed by atoms with Gasteiger partial charge >= 0.3 is 29.8 Å². The van der Waals surface area contributed by atoms with Crippen LogP contribution in [0.5, 0.6) is 0 Å². The summed E-state index contributed by atoms with van der Waals surface area (Å²) >= 11 is 0. The van der Waals surface area contributed by atoms with Crippen molar-refractivity contribution >= 4 is 29.8 Å². The minimum atomic E-state index is -0.761. The van der Waals surface area contributed by atoms with Gasteiger partial charge in [0, 0.05) is 46.2 Å². The van der Waals surface area contributed by atoms with E-state index in [4.69, 9.17) is 25.5 Å². The van der Waals surface area contributed by atoms with Gasteiger partial charge in [-0.25, -0.2) is 0 Å². The smallest absolute Gasteiger partial charge is 0.309 e. The van der Waals surface area contributed by atoms with Crippen LogP contribution in [0, 0.1) is 67.0 Å². The number of aliphatic hydroxyl groups excluding tert-OH is 7. The van der Waals surface area contributed by atoms with Gasteiger partial charge in [0.15, 0.2) is 0 Å². The SMILES string of the molecule is CC(C)(CCCCC(CO)CCCCC1(C(=O)O)CC1)C(=O)O.CC(C)(CCCCCC(CO)CCCCCC1(C(=O)O)CC1)C(=O)O.CC(C)(CCCCCC(CO)CCCCCC1(CO)CC1)C(=O)O.CC(C)(CO)CCCCCC(CO)CCCCCC1(CO)CC1. The molecule has 4 aliphatic carbocycles. The zero-order valence-electron chi connectivity index (χ0n) is 61.7. The molecule has 17 nitrogen and oxygen atoms in total. The molecule has 4 aliphatic rings. The minimum Gasteiger partial charge on any atom is -0.481 e. The van der Waals surface area contributed by atoms with Gasteiger partial charge in [-0.3, -0.25) is 24.0 Å². The molecular weight excluding hydrogens is 1210 g/mol. The Kier molecular flexibility index (Phi) is 44.8. The predicted octanol–water partition coefficient (Wildman–Crippen LogP) is 16.8. The number of hydrogen-bond donors (Lipinski definition) is 12. The third-order valence-corrected chi connectivity index (χ3v) is 22.8. The number of unbranched alkanes of at least 4 members (excludes halogenated alkanes) is 14. The molecule has 4 atom stereocenters. The molecule has 4 saturated carbocycles. The van der Waals surface area contributed by atoms with E-state index in [-0.39, 0.29) is 43.2 Å². The second-order valence-corrected chi connectivity index (χ2v) is 33.7. The zero-order chi connectivity index (χ0) is 71.7. The third kappa shape index (κ3) is 40.2. The highest BCUT2D eigenvalue weighted by atomic mass is 16.4. The molecule has 0 bridgehead atoms. The minimum absolute atomic E-state index is 0.0594. The summed E-state index contributed by atoms with van der Waals surface area (Å²) in [4.78, 5) is 55.3. The molecule has 17 heteroatoms. The van der Waals surface area contributed by atoms with Crippen LogP contribution in [0.2, 0.25) is 0 Å². The van der Waals surface area contributed by atoms with Gasteiger partial charge in [0.25, 0.3) is 0 Å². The second kappa shape index (κ2) is 47.2. The van der Waals surface area contributed by atoms with E-state index in [1.165, 1.54) is 89.9 Å². The number of carbonyl (C=O) groups is 5. The number of carboxylic acid groups (broad SMARTS) is 5. The van der Waals surface area contributed by atoms with E-state index in [0.29, 0.717) is 55.8 Å². The zero-order valence-corrected chi connectivity index (χ0v) is 61.7. The number of carboxylic acids is 5. The molecule has 0 aromatic rings. The van der Waals surface area contributed by atoms with Crippen LogP contribution in [-0.4, -0.2) is 137 Å². The third-order valence-electron chi connectivity index (χ3n) is 22.8. The Morgan fingerprint density at radius 2 is 0.516 bits per heavy atom. The summed E-state index contributed by atoms with van der Waals surface area (Å²) in [6.45, 7) is 16.8. The van der Waals surface area contributed by atoms with Gasteiger partial charge in [0.05, 0.1) is 27.1 Å². The number of aliphatic hydroxyl groups is 7. The van der Waals surface area contributed by atoms with Gasteiger partial charge < -0.3 is 61.3 Å². The Labute approximate surface area is 576 Å². The monoisotopic (exact) mass is 1360 g/mol. The molecular formula is C78H146O17. The molecule has 95 heavy (non-hydrogen) atoms. The molecule has 0 heterocycles. The standard InChI is InChI=1S/C20H36O5.C20H38O4.C20H40O3.C18H32O5/c1-19(2,17(22)23)11-7-3-5-9-16(15-21)10-6-4-8-12-20(13-14-20)18(24)25;1-19(2,18(23)24)11-7-3-5-9-17(15-21)10-6-4-8-12-20(16-22)13-14-20;1-19(2,16-22)11-7-3-5-9-18(15-21)10-6-4-8-12-20(17-23)13-14-20;1-17(2,15(20)21)9-5-3-7-14(13-19)8-4-6-10-18(11-12-18)16(22)23/h16,21H,3-15H2,1-2H3,(H,22,23)(H,24,25);17,21-22H,3-16H2,1-2H3,(H,23,24);18,21-23H,3-17H2,1-2H3;14,19H,3-13H2,1-2H3,(H,20,21)(H,22,23). The Morgan fingerprint density at radius 1 is 0.295 bits per heavy atom. The maximum Gasteiger partial charge on any atom is 0.309 e. The normalized spacial score (nSPS) is 17.7. The molecule has 0 aromatic carbocycles. The summed E-state index contributed by atoms with van der Waals surface area (Å²) in [5.74, 6) is -2.07. The first-order valence-electron chi connectivity index (χ1n) is 38.2. The van der Waals surface area contributed by atoms with Crippen LogP contribution in [0.4, 0.5) is 0 Å². The first-order chi connectivity index (χ1) is 44.8. The summed E-state index contributed by atoms with van der Waals surface area (Å²) in [5, 5.41) is 111. The van der Waals surface area contributed by atoms with Crippen molar-refractivity contribution in [3.8, 4) is 0 Å². The lowest BCUT2D eigenvalue weighted by atomic mass is 9.86. The fraction of sp³-hybridized carbons (Fsp3) is 0.936. The average Bonchev–Trinajstić information content (AvgIpc) is 1.67. The van der Waals surface area contributed by atoms with Crippen LogP contribution in [0.1, 0.15) is 351 Å². The van der Waals surface area contributed by atoms with E-state index in [2.05, 4.69) is 13.8 Å². The summed E-state index contributed by atoms with van der Waals surface area (Å²) in [6, 6.07) is 0. The second-order valence-electron chi connectivity index (χ2n) is 33.7. The van der Waals surface area contributed by atoms with Crippen molar-refractivity contribution in [1.29, 1.82) is 0 Å². The van der Waals surface area contributed by atoms with Crippen molar-refractivity contribution in [2.45, 2.75) is 351 Å². The fourth-order valence-corrected chi connectivity index (χ4v) is 13.2. The summed E-state index contributed by atoms with van der Waals surface area (Å²) in [5.41, 5.74) is -2.14. The van der Waals surface area contributed by atoms with E-state index in [9.17, 15) is 59.7 Å². The van der Waals surface area contributed by atoms with Crippen molar-refractivity contribution in [3.63, 3.8) is 0 Å². The van der Waals surface area contributed by atoms with E-state index in [0.717, 1.165) is 193 Å². The lowest BCUT2D eigenvalue weighted by Crippen LogP contribution is -2.23. The van der Waals surface area contributed by atoms with E-state index < -0.39 is 56.9 Å². The lowest BCUT2D eigenvalue weighted by molar-refractivity contribution is -0.148. The van der Waals surface area contributed by atoms with E-state index >= 15 is 0 Å². The molecule has 0 radical (unpaired) electrons. The quantitative estimate of drug-likeness (QED) is 0.0252. The van der Waals surface area contributed by atoms with Crippen molar-refractivity contribution in [2.75, 3.05) is 46.2 Å². The topological polar surface area (TPSA) is 328 Å². The molecule has 0 spiro atoms. The van der Waals surface area contributed by atoms with E-state index in [1.54, 1.807) is 41.5 Å². The number of rotatable bonds is 58. The van der Waals surface area contributed by atoms with Gasteiger partial charge in [-0.15, -0.1) is 0 Å². The average molecular weight is 1360 g/mol. The molecule has 4 unspecified atom stereocenters. The van der Waals surface area contributed by atoms with Crippen LogP contribution >= 0.6 is 0 Å². The van der Waals surface area contributed by atoms with Crippen LogP contribution < -0.4 is 0 Å². The molecule has 12 N–H and O–H groups in total. The molecule has 0 aromatic heterocycles. The van der Waals surface area contributed by atoms with E-state index in [1.807, 2.05) is 0 Å². The summed E-state index contributed by atoms with van der Waals surface area (Å²) in [6.07, 6.45) is 47.0. The van der Waals surface area contributed by atoms with Gasteiger partial charge in [0.1, 0.15) is 0 Å². The highest BCUT2D eigenvalue weighted by Gasteiger charge is 2.50. The van der Waals surface area contributed by atoms with Crippen LogP contribution in [-0.2, 0) is 24.0 Å². The summed E-state index contributed by atoms with van der Waals surface area (Å²) in [7, 11) is 0. The van der Waals surface area contributed by atoms with Gasteiger partial charge in [-0.1, -0.05) is 155 Å². The maximum atomic E-state index is 11.1. The molecule has 4 rings (SSSR count). The number of hydrogen-bond acceptors (Lipinski definition) is 12. The van der Waals surface area contributed by atoms with Crippen LogP contribution in [0.15, 0.2) is 0 Å². The highest BCUT2D eigenvalue weighted by molar-refractivity contribution is 5.78. The Morgan fingerprint density at radius 3 is 0.737 bits per heavy atom. The first kappa shape index (κ1) is 90.1. The van der Waals surface area contributed by atoms with Crippen molar-refractivity contribution < 1.29 is 85.3 Å². The Balaban J connectivity index is 0.000000634. The fourth-order valence-electron chi connectivity index (χ4n) is 13.2. The molecule has 0 amide bonds. The largest absolute Gasteiger partial charge is 0.481 e. The van der Waals surface area contributed by atoms with Gasteiger partial charge in [0.2, 0.25) is 0 Å². The molecule has 560 valence electrons. The highest BCUT2D eigenvalue weighted by Crippen LogP contribution is 2.52. The Bertz CT molecular complexity index is 1990. The van der Waals surface area contributed by atoms with Crippen molar-refractivity contribution in [1.82, 2.24) is 0 Å². The summed E-state index contributed by atoms with van der Waals surface area (Å²) < 4.78 is 0. The van der Waals surface area contributed by atoms with Gasteiger partial charge in [-0.05, 0) is 236 Å². The van der Waals surface area contributed by atoms with Crippen LogP contribution in [0.3, 0.4) is 0 Å². The molecule has 0 saturated heterocycles. The predicted molar refractivity (Wildman–Crippen MR) is 379 cm³/mol. The maximum absolute atomic E-state index is 11.1. The van der Waals surface area contributed by atoms with Crippen molar-refractivity contribution in [3.05, 3.63) is 0 Å². The molecule has 4 fully saturated rings. The Hall–Kier alpha value is -2.93. The van der Waals surface area contributed by atoms with Crippen molar-refractivity contribution in [2.24, 2.45) is 67.0 Å². The number of aliphatic carboxylic acids is 5.